The molecule has 0 saturated heterocycles. The molecule has 0 fully saturated rings. The minimum absolute atomic E-state index is 0.0585. The van der Waals surface area contributed by atoms with Crippen LogP contribution in [0.4, 0.5) is 0 Å². The quantitative estimate of drug-likeness (QED) is 0.746. The number of rotatable bonds is 1. The molecule has 0 bridgehead atoms. The zero-order valence-corrected chi connectivity index (χ0v) is 10.8. The van der Waals surface area contributed by atoms with E-state index in [4.69, 9.17) is 11.6 Å². The van der Waals surface area contributed by atoms with Crippen molar-refractivity contribution in [3.8, 4) is 0 Å². The summed E-state index contributed by atoms with van der Waals surface area (Å²) in [7, 11) is 0. The van der Waals surface area contributed by atoms with Crippen molar-refractivity contribution in [3.63, 3.8) is 0 Å². The second-order valence-electron chi connectivity index (χ2n) is 4.35. The zero-order chi connectivity index (χ0) is 14.4. The predicted molar refractivity (Wildman–Crippen MR) is 71.7 cm³/mol. The summed E-state index contributed by atoms with van der Waals surface area (Å²) in [6, 6.07) is 9.05. The molecule has 0 saturated carbocycles. The SMILES string of the molecule is O=C1c2ccccc2C(=O)c2c1ccc(Cl)c2C(=O)O. The van der Waals surface area contributed by atoms with Gasteiger partial charge in [-0.05, 0) is 12.1 Å². The fourth-order valence-electron chi connectivity index (χ4n) is 2.37. The molecule has 0 radical (unpaired) electrons. The third kappa shape index (κ3) is 1.58. The number of benzene rings is 2. The van der Waals surface area contributed by atoms with Gasteiger partial charge in [-0.1, -0.05) is 35.9 Å². The maximum absolute atomic E-state index is 12.5. The number of hydrogen-bond donors (Lipinski definition) is 1. The highest BCUT2D eigenvalue weighted by atomic mass is 35.5. The largest absolute Gasteiger partial charge is 0.478 e. The highest BCUT2D eigenvalue weighted by molar-refractivity contribution is 6.37. The first-order valence-corrected chi connectivity index (χ1v) is 6.14. The van der Waals surface area contributed by atoms with E-state index in [-0.39, 0.29) is 38.6 Å². The van der Waals surface area contributed by atoms with E-state index < -0.39 is 11.8 Å². The highest BCUT2D eigenvalue weighted by Gasteiger charge is 2.34. The lowest BCUT2D eigenvalue weighted by molar-refractivity contribution is 0.0693. The molecule has 1 N–H and O–H groups in total. The van der Waals surface area contributed by atoms with Gasteiger partial charge in [-0.25, -0.2) is 4.79 Å². The van der Waals surface area contributed by atoms with Crippen LogP contribution in [0, 0.1) is 0 Å². The van der Waals surface area contributed by atoms with Crippen molar-refractivity contribution in [1.29, 1.82) is 0 Å². The summed E-state index contributed by atoms with van der Waals surface area (Å²) in [6.07, 6.45) is 0. The molecule has 0 aliphatic heterocycles. The average Bonchev–Trinajstić information content (AvgIpc) is 2.44. The van der Waals surface area contributed by atoms with Crippen LogP contribution in [-0.2, 0) is 0 Å². The Bertz CT molecular complexity index is 792. The number of carboxylic acids is 1. The first kappa shape index (κ1) is 12.6. The number of aromatic carboxylic acids is 1. The van der Waals surface area contributed by atoms with Crippen molar-refractivity contribution in [2.45, 2.75) is 0 Å². The second-order valence-corrected chi connectivity index (χ2v) is 4.76. The summed E-state index contributed by atoms with van der Waals surface area (Å²) in [5.74, 6) is -2.18. The van der Waals surface area contributed by atoms with Gasteiger partial charge >= 0.3 is 5.97 Å². The third-order valence-corrected chi connectivity index (χ3v) is 3.57. The van der Waals surface area contributed by atoms with Gasteiger partial charge in [0.2, 0.25) is 0 Å². The lowest BCUT2D eigenvalue weighted by Gasteiger charge is -2.19. The molecule has 0 spiro atoms. The Morgan fingerprint density at radius 2 is 1.50 bits per heavy atom. The smallest absolute Gasteiger partial charge is 0.337 e. The van der Waals surface area contributed by atoms with Gasteiger partial charge in [-0.2, -0.15) is 0 Å². The van der Waals surface area contributed by atoms with E-state index in [1.165, 1.54) is 18.2 Å². The topological polar surface area (TPSA) is 71.4 Å². The van der Waals surface area contributed by atoms with Crippen LogP contribution < -0.4 is 0 Å². The summed E-state index contributed by atoms with van der Waals surface area (Å²) < 4.78 is 0. The molecule has 0 heterocycles. The Labute approximate surface area is 118 Å². The first-order chi connectivity index (χ1) is 9.52. The minimum Gasteiger partial charge on any atom is -0.478 e. The fourth-order valence-corrected chi connectivity index (χ4v) is 2.61. The summed E-state index contributed by atoms with van der Waals surface area (Å²) in [5.41, 5.74) is 0.111. The van der Waals surface area contributed by atoms with Gasteiger partial charge in [0.25, 0.3) is 0 Å². The molecule has 3 rings (SSSR count). The number of carbonyl (C=O) groups is 3. The number of ketones is 2. The maximum Gasteiger partial charge on any atom is 0.337 e. The van der Waals surface area contributed by atoms with Crippen LogP contribution in [0.5, 0.6) is 0 Å². The lowest BCUT2D eigenvalue weighted by Crippen LogP contribution is -2.24. The summed E-state index contributed by atoms with van der Waals surface area (Å²) in [6.45, 7) is 0. The molecule has 0 aromatic heterocycles. The third-order valence-electron chi connectivity index (χ3n) is 3.26. The molecule has 98 valence electrons. The van der Waals surface area contributed by atoms with Gasteiger partial charge in [-0.3, -0.25) is 9.59 Å². The molecule has 5 heteroatoms. The first-order valence-electron chi connectivity index (χ1n) is 5.76. The monoisotopic (exact) mass is 286 g/mol. The summed E-state index contributed by atoms with van der Waals surface area (Å²) in [4.78, 5) is 36.1. The molecule has 2 aromatic carbocycles. The molecule has 20 heavy (non-hydrogen) atoms. The Hall–Kier alpha value is -2.46. The van der Waals surface area contributed by atoms with E-state index in [0.717, 1.165) is 0 Å². The van der Waals surface area contributed by atoms with Crippen LogP contribution >= 0.6 is 11.6 Å². The van der Waals surface area contributed by atoms with E-state index >= 15 is 0 Å². The van der Waals surface area contributed by atoms with Gasteiger partial charge in [-0.15, -0.1) is 0 Å². The van der Waals surface area contributed by atoms with Gasteiger partial charge < -0.3 is 5.11 Å². The van der Waals surface area contributed by atoms with Gasteiger partial charge in [0.1, 0.15) is 0 Å². The van der Waals surface area contributed by atoms with Crippen LogP contribution in [0.1, 0.15) is 42.2 Å². The Morgan fingerprint density at radius 3 is 2.10 bits per heavy atom. The van der Waals surface area contributed by atoms with Crippen molar-refractivity contribution in [2.75, 3.05) is 0 Å². The number of carbonyl (C=O) groups excluding carboxylic acids is 2. The Kier molecular flexibility index (Phi) is 2.69. The zero-order valence-electron chi connectivity index (χ0n) is 10.0. The van der Waals surface area contributed by atoms with Crippen LogP contribution in [0.2, 0.25) is 5.02 Å². The average molecular weight is 287 g/mol. The minimum atomic E-state index is -1.33. The molecule has 2 aromatic rings. The van der Waals surface area contributed by atoms with Crippen LogP contribution in [-0.4, -0.2) is 22.6 Å². The Morgan fingerprint density at radius 1 is 0.900 bits per heavy atom. The summed E-state index contributed by atoms with van der Waals surface area (Å²) in [5, 5.41) is 9.17. The van der Waals surface area contributed by atoms with Crippen LogP contribution in [0.3, 0.4) is 0 Å². The van der Waals surface area contributed by atoms with E-state index in [1.54, 1.807) is 18.2 Å². The molecule has 0 unspecified atom stereocenters. The maximum atomic E-state index is 12.5. The summed E-state index contributed by atoms with van der Waals surface area (Å²) >= 11 is 5.85. The highest BCUT2D eigenvalue weighted by Crippen LogP contribution is 2.32. The van der Waals surface area contributed by atoms with Gasteiger partial charge in [0.05, 0.1) is 10.6 Å². The normalized spacial score (nSPS) is 12.8. The van der Waals surface area contributed by atoms with E-state index in [2.05, 4.69) is 0 Å². The van der Waals surface area contributed by atoms with Crippen molar-refractivity contribution >= 4 is 29.1 Å². The molecular weight excluding hydrogens is 280 g/mol. The Balaban J connectivity index is 2.40. The molecule has 0 atom stereocenters. The van der Waals surface area contributed by atoms with Crippen molar-refractivity contribution in [1.82, 2.24) is 0 Å². The van der Waals surface area contributed by atoms with Gasteiger partial charge in [0, 0.05) is 22.3 Å². The van der Waals surface area contributed by atoms with Crippen molar-refractivity contribution < 1.29 is 19.5 Å². The fraction of sp³-hybridized carbons (Fsp3) is 0. The standard InChI is InChI=1S/C15H7ClO4/c16-10-6-5-9-11(12(10)15(19)20)14(18)8-4-2-1-3-7(8)13(9)17/h1-6H,(H,19,20). The number of halogens is 1. The van der Waals surface area contributed by atoms with Crippen LogP contribution in [0.15, 0.2) is 36.4 Å². The predicted octanol–water partition coefficient (Wildman–Crippen LogP) is 2.81. The number of carboxylic acid groups (broad SMARTS) is 1. The van der Waals surface area contributed by atoms with Gasteiger partial charge in [0.15, 0.2) is 11.6 Å². The van der Waals surface area contributed by atoms with Crippen molar-refractivity contribution in [2.24, 2.45) is 0 Å². The lowest BCUT2D eigenvalue weighted by atomic mass is 9.82. The second kappa shape index (κ2) is 4.28. The molecule has 1 aliphatic carbocycles. The van der Waals surface area contributed by atoms with E-state index in [9.17, 15) is 19.5 Å². The van der Waals surface area contributed by atoms with E-state index in [0.29, 0.717) is 0 Å². The molecule has 4 nitrogen and oxygen atoms in total. The molecule has 1 aliphatic rings. The molecular formula is C15H7ClO4. The number of hydrogen-bond acceptors (Lipinski definition) is 3. The van der Waals surface area contributed by atoms with Crippen LogP contribution in [0.25, 0.3) is 0 Å². The molecule has 0 amide bonds. The van der Waals surface area contributed by atoms with E-state index in [1.807, 2.05) is 0 Å². The number of fused-ring (bicyclic) bond motifs is 2. The van der Waals surface area contributed by atoms with Crippen molar-refractivity contribution in [3.05, 3.63) is 69.2 Å².